The Kier molecular flexibility index (Phi) is 3.85. The Morgan fingerprint density at radius 1 is 1.30 bits per heavy atom. The molecule has 0 amide bonds. The van der Waals surface area contributed by atoms with Gasteiger partial charge in [-0.25, -0.2) is 0 Å². The van der Waals surface area contributed by atoms with E-state index in [0.29, 0.717) is 0 Å². The highest BCUT2D eigenvalue weighted by Crippen LogP contribution is 2.41. The molecule has 2 aliphatic rings. The molecule has 0 spiro atoms. The number of anilines is 1. The van der Waals surface area contributed by atoms with E-state index in [1.165, 1.54) is 41.5 Å². The van der Waals surface area contributed by atoms with E-state index in [9.17, 15) is 0 Å². The molecule has 1 N–H and O–H groups in total. The SMILES string of the molecule is CC(C)(C)NCc1cc(Br)ccc1N1CC2CCC1C2. The van der Waals surface area contributed by atoms with Crippen LogP contribution in [0.25, 0.3) is 0 Å². The van der Waals surface area contributed by atoms with Gasteiger partial charge in [0, 0.05) is 34.8 Å². The molecule has 1 heterocycles. The summed E-state index contributed by atoms with van der Waals surface area (Å²) in [5, 5.41) is 3.63. The summed E-state index contributed by atoms with van der Waals surface area (Å²) in [5.74, 6) is 0.937. The van der Waals surface area contributed by atoms with Crippen molar-refractivity contribution in [2.75, 3.05) is 11.4 Å². The zero-order chi connectivity index (χ0) is 14.3. The van der Waals surface area contributed by atoms with Crippen LogP contribution in [-0.4, -0.2) is 18.1 Å². The molecule has 1 aromatic carbocycles. The Balaban J connectivity index is 1.83. The van der Waals surface area contributed by atoms with Crippen LogP contribution in [0.4, 0.5) is 5.69 Å². The summed E-state index contributed by atoms with van der Waals surface area (Å²) in [6, 6.07) is 7.54. The van der Waals surface area contributed by atoms with E-state index in [1.54, 1.807) is 0 Å². The standard InChI is InChI=1S/C17H25BrN2/c1-17(2,3)19-10-13-9-14(18)5-7-16(13)20-11-12-4-6-15(20)8-12/h5,7,9,12,15,19H,4,6,8,10-11H2,1-3H3. The third-order valence-corrected chi connectivity index (χ3v) is 5.06. The maximum absolute atomic E-state index is 3.63. The zero-order valence-corrected chi connectivity index (χ0v) is 14.3. The van der Waals surface area contributed by atoms with Gasteiger partial charge in [-0.15, -0.1) is 0 Å². The van der Waals surface area contributed by atoms with E-state index >= 15 is 0 Å². The van der Waals surface area contributed by atoms with Gasteiger partial charge in [0.15, 0.2) is 0 Å². The third-order valence-electron chi connectivity index (χ3n) is 4.57. The van der Waals surface area contributed by atoms with Crippen LogP contribution in [0.5, 0.6) is 0 Å². The summed E-state index contributed by atoms with van der Waals surface area (Å²) in [4.78, 5) is 2.65. The highest BCUT2D eigenvalue weighted by Gasteiger charge is 2.38. The molecule has 2 bridgehead atoms. The van der Waals surface area contributed by atoms with Crippen LogP contribution in [0.15, 0.2) is 22.7 Å². The smallest absolute Gasteiger partial charge is 0.0415 e. The number of piperidine rings is 1. The predicted octanol–water partition coefficient (Wildman–Crippen LogP) is 4.33. The molecule has 2 atom stereocenters. The molecule has 0 aromatic heterocycles. The van der Waals surface area contributed by atoms with Crippen LogP contribution in [0.1, 0.15) is 45.6 Å². The summed E-state index contributed by atoms with van der Waals surface area (Å²) in [6.45, 7) is 8.87. The van der Waals surface area contributed by atoms with Crippen LogP contribution in [-0.2, 0) is 6.54 Å². The maximum atomic E-state index is 3.63. The largest absolute Gasteiger partial charge is 0.368 e. The first-order valence-corrected chi connectivity index (χ1v) is 8.52. The predicted molar refractivity (Wildman–Crippen MR) is 89.2 cm³/mol. The highest BCUT2D eigenvalue weighted by atomic mass is 79.9. The van der Waals surface area contributed by atoms with E-state index in [0.717, 1.165) is 18.5 Å². The molecule has 1 aromatic rings. The number of halogens is 1. The zero-order valence-electron chi connectivity index (χ0n) is 12.7. The molecular weight excluding hydrogens is 312 g/mol. The molecular formula is C17H25BrN2. The molecule has 2 unspecified atom stereocenters. The van der Waals surface area contributed by atoms with Crippen molar-refractivity contribution in [2.24, 2.45) is 5.92 Å². The lowest BCUT2D eigenvalue weighted by molar-refractivity contribution is 0.424. The van der Waals surface area contributed by atoms with Crippen molar-refractivity contribution in [3.05, 3.63) is 28.2 Å². The molecule has 20 heavy (non-hydrogen) atoms. The third kappa shape index (κ3) is 3.04. The van der Waals surface area contributed by atoms with Gasteiger partial charge in [0.1, 0.15) is 0 Å². The highest BCUT2D eigenvalue weighted by molar-refractivity contribution is 9.10. The first-order chi connectivity index (χ1) is 9.42. The monoisotopic (exact) mass is 336 g/mol. The maximum Gasteiger partial charge on any atom is 0.0415 e. The van der Waals surface area contributed by atoms with Crippen molar-refractivity contribution < 1.29 is 0 Å². The van der Waals surface area contributed by atoms with Crippen molar-refractivity contribution in [1.82, 2.24) is 5.32 Å². The number of nitrogens with one attached hydrogen (secondary N) is 1. The number of rotatable bonds is 3. The molecule has 1 saturated carbocycles. The summed E-state index contributed by atoms with van der Waals surface area (Å²) in [5.41, 5.74) is 3.02. The summed E-state index contributed by atoms with van der Waals surface area (Å²) in [6.07, 6.45) is 4.22. The minimum absolute atomic E-state index is 0.156. The van der Waals surface area contributed by atoms with Gasteiger partial charge in [0.05, 0.1) is 0 Å². The topological polar surface area (TPSA) is 15.3 Å². The van der Waals surface area contributed by atoms with Crippen molar-refractivity contribution in [2.45, 2.75) is 58.2 Å². The number of nitrogens with zero attached hydrogens (tertiary/aromatic N) is 1. The van der Waals surface area contributed by atoms with E-state index in [2.05, 4.69) is 65.1 Å². The van der Waals surface area contributed by atoms with Crippen LogP contribution in [0.3, 0.4) is 0 Å². The quantitative estimate of drug-likeness (QED) is 0.883. The molecule has 1 aliphatic carbocycles. The minimum atomic E-state index is 0.156. The number of benzene rings is 1. The molecule has 110 valence electrons. The van der Waals surface area contributed by atoms with Gasteiger partial charge in [-0.2, -0.15) is 0 Å². The Morgan fingerprint density at radius 2 is 2.10 bits per heavy atom. The summed E-state index contributed by atoms with van der Waals surface area (Å²) in [7, 11) is 0. The number of hydrogen-bond donors (Lipinski definition) is 1. The first-order valence-electron chi connectivity index (χ1n) is 7.72. The van der Waals surface area contributed by atoms with Gasteiger partial charge < -0.3 is 10.2 Å². The van der Waals surface area contributed by atoms with Crippen molar-refractivity contribution in [3.8, 4) is 0 Å². The molecule has 2 nitrogen and oxygen atoms in total. The Morgan fingerprint density at radius 3 is 2.70 bits per heavy atom. The Bertz CT molecular complexity index is 492. The van der Waals surface area contributed by atoms with Crippen LogP contribution < -0.4 is 10.2 Å². The molecule has 3 rings (SSSR count). The average molecular weight is 337 g/mol. The summed E-state index contributed by atoms with van der Waals surface area (Å²) >= 11 is 3.62. The minimum Gasteiger partial charge on any atom is -0.368 e. The van der Waals surface area contributed by atoms with Gasteiger partial charge in [0.2, 0.25) is 0 Å². The second-order valence-corrected chi connectivity index (χ2v) is 8.28. The molecule has 1 aliphatic heterocycles. The van der Waals surface area contributed by atoms with Gasteiger partial charge in [-0.05, 0) is 69.7 Å². The van der Waals surface area contributed by atoms with E-state index in [-0.39, 0.29) is 5.54 Å². The Hall–Kier alpha value is -0.540. The second-order valence-electron chi connectivity index (χ2n) is 7.36. The van der Waals surface area contributed by atoms with Gasteiger partial charge in [-0.3, -0.25) is 0 Å². The fourth-order valence-electron chi connectivity index (χ4n) is 3.56. The van der Waals surface area contributed by atoms with Gasteiger partial charge in [0.25, 0.3) is 0 Å². The van der Waals surface area contributed by atoms with Gasteiger partial charge in [-0.1, -0.05) is 15.9 Å². The van der Waals surface area contributed by atoms with Crippen molar-refractivity contribution >= 4 is 21.6 Å². The fraction of sp³-hybridized carbons (Fsp3) is 0.647. The Labute approximate surface area is 131 Å². The van der Waals surface area contributed by atoms with Crippen molar-refractivity contribution in [3.63, 3.8) is 0 Å². The van der Waals surface area contributed by atoms with E-state index in [4.69, 9.17) is 0 Å². The number of fused-ring (bicyclic) bond motifs is 2. The molecule has 2 fully saturated rings. The van der Waals surface area contributed by atoms with Crippen LogP contribution in [0, 0.1) is 5.92 Å². The molecule has 1 saturated heterocycles. The normalized spacial score (nSPS) is 25.5. The van der Waals surface area contributed by atoms with Gasteiger partial charge >= 0.3 is 0 Å². The lowest BCUT2D eigenvalue weighted by Gasteiger charge is -2.32. The second kappa shape index (κ2) is 5.34. The van der Waals surface area contributed by atoms with Crippen LogP contribution in [0.2, 0.25) is 0 Å². The van der Waals surface area contributed by atoms with Crippen LogP contribution >= 0.6 is 15.9 Å². The fourth-order valence-corrected chi connectivity index (χ4v) is 3.96. The van der Waals surface area contributed by atoms with Crippen molar-refractivity contribution in [1.29, 1.82) is 0 Å². The molecule has 3 heteroatoms. The number of hydrogen-bond acceptors (Lipinski definition) is 2. The molecule has 0 radical (unpaired) electrons. The van der Waals surface area contributed by atoms with E-state index < -0.39 is 0 Å². The average Bonchev–Trinajstić information content (AvgIpc) is 2.98. The van der Waals surface area contributed by atoms with E-state index in [1.807, 2.05) is 0 Å². The first kappa shape index (κ1) is 14.4. The lowest BCUT2D eigenvalue weighted by Crippen LogP contribution is -2.37. The lowest BCUT2D eigenvalue weighted by atomic mass is 10.0. The summed E-state index contributed by atoms with van der Waals surface area (Å²) < 4.78 is 1.18.